The molecular weight excluding hydrogens is 200 g/mol. The van der Waals surface area contributed by atoms with Crippen LogP contribution in [0.2, 0.25) is 0 Å². The van der Waals surface area contributed by atoms with Crippen LogP contribution in [0.3, 0.4) is 0 Å². The summed E-state index contributed by atoms with van der Waals surface area (Å²) in [6.07, 6.45) is 0.680. The highest BCUT2D eigenvalue weighted by Crippen LogP contribution is 2.16. The quantitative estimate of drug-likeness (QED) is 0.437. The Balaban J connectivity index is 3.30. The molecule has 0 bridgehead atoms. The molecule has 1 aromatic carbocycles. The summed E-state index contributed by atoms with van der Waals surface area (Å²) < 4.78 is 0. The van der Waals surface area contributed by atoms with Crippen LogP contribution >= 0.6 is 11.6 Å². The summed E-state index contributed by atoms with van der Waals surface area (Å²) in [6, 6.07) is 5.15. The van der Waals surface area contributed by atoms with Crippen LogP contribution < -0.4 is 0 Å². The molecule has 1 aromatic rings. The predicted molar refractivity (Wildman–Crippen MR) is 56.2 cm³/mol. The van der Waals surface area contributed by atoms with Crippen molar-refractivity contribution in [3.8, 4) is 0 Å². The first kappa shape index (κ1) is 10.9. The number of aryl methyl sites for hydroxylation is 1. The molecule has 0 heterocycles. The van der Waals surface area contributed by atoms with Crippen molar-refractivity contribution in [1.82, 2.24) is 0 Å². The molecule has 0 amide bonds. The van der Waals surface area contributed by atoms with Crippen LogP contribution in [0.15, 0.2) is 18.2 Å². The van der Waals surface area contributed by atoms with Crippen molar-refractivity contribution in [2.45, 2.75) is 19.2 Å². The second-order valence-corrected chi connectivity index (χ2v) is 3.79. The van der Waals surface area contributed by atoms with E-state index in [9.17, 15) is 9.59 Å². The lowest BCUT2D eigenvalue weighted by Gasteiger charge is -2.08. The van der Waals surface area contributed by atoms with Crippen molar-refractivity contribution in [2.24, 2.45) is 0 Å². The van der Waals surface area contributed by atoms with Crippen LogP contribution in [0.1, 0.15) is 33.2 Å². The molecule has 0 aliphatic carbocycles. The highest BCUT2D eigenvalue weighted by Gasteiger charge is 2.17. The van der Waals surface area contributed by atoms with Crippen molar-refractivity contribution >= 4 is 23.7 Å². The van der Waals surface area contributed by atoms with E-state index in [1.807, 2.05) is 0 Å². The van der Waals surface area contributed by atoms with Crippen molar-refractivity contribution in [1.29, 1.82) is 0 Å². The van der Waals surface area contributed by atoms with Gasteiger partial charge in [-0.05, 0) is 19.4 Å². The Morgan fingerprint density at radius 2 is 2.14 bits per heavy atom. The number of hydrogen-bond acceptors (Lipinski definition) is 2. The van der Waals surface area contributed by atoms with E-state index in [0.717, 1.165) is 5.56 Å². The highest BCUT2D eigenvalue weighted by atomic mass is 35.5. The van der Waals surface area contributed by atoms with Crippen LogP contribution in [0, 0.1) is 6.92 Å². The molecule has 0 N–H and O–H groups in total. The number of carbonyl (C=O) groups is 2. The van der Waals surface area contributed by atoms with Crippen molar-refractivity contribution in [3.63, 3.8) is 0 Å². The van der Waals surface area contributed by atoms with E-state index >= 15 is 0 Å². The predicted octanol–water partition coefficient (Wildman–Crippen LogP) is 2.62. The van der Waals surface area contributed by atoms with Gasteiger partial charge in [0.25, 0.3) is 0 Å². The Bertz CT molecular complexity index is 370. The van der Waals surface area contributed by atoms with Gasteiger partial charge in [0.05, 0.1) is 5.38 Å². The van der Waals surface area contributed by atoms with Gasteiger partial charge in [-0.25, -0.2) is 0 Å². The van der Waals surface area contributed by atoms with Crippen LogP contribution in [0.25, 0.3) is 0 Å². The standard InChI is InChI=1S/C11H11ClO2/c1-7-4-3-5-9(6-13)10(7)11(14)8(2)12/h3-6,8H,1-2H3. The summed E-state index contributed by atoms with van der Waals surface area (Å²) in [5.74, 6) is -0.202. The minimum Gasteiger partial charge on any atom is -0.298 e. The summed E-state index contributed by atoms with van der Waals surface area (Å²) in [5.41, 5.74) is 1.62. The number of ketones is 1. The van der Waals surface area contributed by atoms with Crippen molar-refractivity contribution in [3.05, 3.63) is 34.9 Å². The fraction of sp³-hybridized carbons (Fsp3) is 0.273. The Morgan fingerprint density at radius 3 is 2.64 bits per heavy atom. The Hall–Kier alpha value is -1.15. The molecule has 3 heteroatoms. The maximum Gasteiger partial charge on any atom is 0.181 e. The number of hydrogen-bond donors (Lipinski definition) is 0. The zero-order valence-corrected chi connectivity index (χ0v) is 8.84. The van der Waals surface area contributed by atoms with E-state index < -0.39 is 5.38 Å². The zero-order chi connectivity index (χ0) is 10.7. The molecule has 1 rings (SSSR count). The van der Waals surface area contributed by atoms with E-state index in [4.69, 9.17) is 11.6 Å². The maximum absolute atomic E-state index is 11.7. The maximum atomic E-state index is 11.7. The first-order chi connectivity index (χ1) is 6.57. The molecule has 0 spiro atoms. The largest absolute Gasteiger partial charge is 0.298 e. The monoisotopic (exact) mass is 210 g/mol. The van der Waals surface area contributed by atoms with Gasteiger partial charge in [-0.2, -0.15) is 0 Å². The smallest absolute Gasteiger partial charge is 0.181 e. The lowest BCUT2D eigenvalue weighted by Crippen LogP contribution is -2.14. The topological polar surface area (TPSA) is 34.1 Å². The molecule has 74 valence electrons. The summed E-state index contributed by atoms with van der Waals surface area (Å²) >= 11 is 5.70. The molecule has 0 aliphatic rings. The molecule has 14 heavy (non-hydrogen) atoms. The molecule has 1 unspecified atom stereocenters. The fourth-order valence-corrected chi connectivity index (χ4v) is 1.43. The van der Waals surface area contributed by atoms with Gasteiger partial charge in [0.2, 0.25) is 0 Å². The van der Waals surface area contributed by atoms with E-state index in [1.165, 1.54) is 0 Å². The molecule has 0 saturated carbocycles. The normalized spacial score (nSPS) is 12.2. The van der Waals surface area contributed by atoms with Crippen LogP contribution in [0.4, 0.5) is 0 Å². The lowest BCUT2D eigenvalue weighted by molar-refractivity contribution is 0.0984. The number of halogens is 1. The highest BCUT2D eigenvalue weighted by molar-refractivity contribution is 6.34. The van der Waals surface area contributed by atoms with Gasteiger partial charge < -0.3 is 0 Å². The van der Waals surface area contributed by atoms with Crippen molar-refractivity contribution in [2.75, 3.05) is 0 Å². The Morgan fingerprint density at radius 1 is 1.50 bits per heavy atom. The second-order valence-electron chi connectivity index (χ2n) is 3.14. The van der Waals surface area contributed by atoms with Gasteiger partial charge >= 0.3 is 0 Å². The number of aldehydes is 1. The number of carbonyl (C=O) groups excluding carboxylic acids is 2. The van der Waals surface area contributed by atoms with Gasteiger partial charge in [-0.15, -0.1) is 11.6 Å². The number of alkyl halides is 1. The van der Waals surface area contributed by atoms with Gasteiger partial charge in [0.1, 0.15) is 0 Å². The Labute approximate surface area is 87.9 Å². The third-order valence-corrected chi connectivity index (χ3v) is 2.24. The van der Waals surface area contributed by atoms with Gasteiger partial charge in [0, 0.05) is 11.1 Å². The number of rotatable bonds is 3. The summed E-state index contributed by atoms with van der Waals surface area (Å²) in [6.45, 7) is 3.39. The van der Waals surface area contributed by atoms with Crippen molar-refractivity contribution < 1.29 is 9.59 Å². The molecule has 0 radical (unpaired) electrons. The molecular formula is C11H11ClO2. The molecule has 2 nitrogen and oxygen atoms in total. The summed E-state index contributed by atoms with van der Waals surface area (Å²) in [4.78, 5) is 22.4. The van der Waals surface area contributed by atoms with E-state index in [1.54, 1.807) is 32.0 Å². The fourth-order valence-electron chi connectivity index (χ4n) is 1.32. The molecule has 0 fully saturated rings. The Kier molecular flexibility index (Phi) is 3.42. The van der Waals surface area contributed by atoms with E-state index in [0.29, 0.717) is 17.4 Å². The first-order valence-corrected chi connectivity index (χ1v) is 4.74. The lowest BCUT2D eigenvalue weighted by atomic mass is 9.97. The van der Waals surface area contributed by atoms with Crippen LogP contribution in [-0.4, -0.2) is 17.4 Å². The minimum atomic E-state index is -0.602. The van der Waals surface area contributed by atoms with E-state index in [-0.39, 0.29) is 5.78 Å². The number of Topliss-reactive ketones (excluding diaryl/α,β-unsaturated/α-hetero) is 1. The summed E-state index contributed by atoms with van der Waals surface area (Å²) in [5, 5.41) is -0.602. The molecule has 1 atom stereocenters. The van der Waals surface area contributed by atoms with Gasteiger partial charge in [-0.1, -0.05) is 18.2 Å². The average molecular weight is 211 g/mol. The SMILES string of the molecule is Cc1cccc(C=O)c1C(=O)C(C)Cl. The molecule has 0 aromatic heterocycles. The van der Waals surface area contributed by atoms with Gasteiger partial charge in [0.15, 0.2) is 12.1 Å². The zero-order valence-electron chi connectivity index (χ0n) is 8.08. The van der Waals surface area contributed by atoms with Crippen LogP contribution in [-0.2, 0) is 0 Å². The molecule has 0 saturated heterocycles. The molecule has 0 aliphatic heterocycles. The third-order valence-electron chi connectivity index (χ3n) is 2.04. The first-order valence-electron chi connectivity index (χ1n) is 4.31. The van der Waals surface area contributed by atoms with E-state index in [2.05, 4.69) is 0 Å². The second kappa shape index (κ2) is 4.38. The van der Waals surface area contributed by atoms with Gasteiger partial charge in [-0.3, -0.25) is 9.59 Å². The summed E-state index contributed by atoms with van der Waals surface area (Å²) in [7, 11) is 0. The average Bonchev–Trinajstić information content (AvgIpc) is 2.16. The third kappa shape index (κ3) is 2.02. The van der Waals surface area contributed by atoms with Crippen LogP contribution in [0.5, 0.6) is 0 Å². The minimum absolute atomic E-state index is 0.202. The number of benzene rings is 1.